The highest BCUT2D eigenvalue weighted by Gasteiger charge is 2.27. The van der Waals surface area contributed by atoms with Gasteiger partial charge in [-0.2, -0.15) is 0 Å². The zero-order chi connectivity index (χ0) is 10.7. The Labute approximate surface area is 90.8 Å². The number of rotatable bonds is 3. The molecule has 4 heteroatoms. The fourth-order valence-electron chi connectivity index (χ4n) is 2.37. The molecule has 0 bridgehead atoms. The van der Waals surface area contributed by atoms with Crippen LogP contribution in [0.3, 0.4) is 0 Å². The van der Waals surface area contributed by atoms with Crippen molar-refractivity contribution in [3.8, 4) is 0 Å². The van der Waals surface area contributed by atoms with Gasteiger partial charge in [0.2, 0.25) is 5.91 Å². The molecule has 0 aromatic rings. The van der Waals surface area contributed by atoms with E-state index in [2.05, 4.69) is 17.6 Å². The lowest BCUT2D eigenvalue weighted by atomic mass is 10.0. The van der Waals surface area contributed by atoms with Crippen molar-refractivity contribution in [1.29, 1.82) is 0 Å². The maximum Gasteiger partial charge on any atom is 0.221 e. The van der Waals surface area contributed by atoms with Crippen LogP contribution < -0.4 is 10.6 Å². The summed E-state index contributed by atoms with van der Waals surface area (Å²) in [6.07, 6.45) is 4.28. The smallest absolute Gasteiger partial charge is 0.221 e. The van der Waals surface area contributed by atoms with Gasteiger partial charge in [0, 0.05) is 31.7 Å². The van der Waals surface area contributed by atoms with Crippen LogP contribution in [0.2, 0.25) is 0 Å². The van der Waals surface area contributed by atoms with Crippen molar-refractivity contribution >= 4 is 5.91 Å². The Kier molecular flexibility index (Phi) is 3.59. The van der Waals surface area contributed by atoms with Crippen LogP contribution in [0.1, 0.15) is 32.6 Å². The molecule has 0 aliphatic carbocycles. The molecule has 2 aliphatic heterocycles. The predicted octanol–water partition coefficient (Wildman–Crippen LogP) is 0.422. The third-order valence-electron chi connectivity index (χ3n) is 3.27. The zero-order valence-corrected chi connectivity index (χ0v) is 9.29. The Hall–Kier alpha value is -0.610. The third-order valence-corrected chi connectivity index (χ3v) is 3.27. The predicted molar refractivity (Wildman–Crippen MR) is 57.6 cm³/mol. The molecule has 2 saturated heterocycles. The molecule has 15 heavy (non-hydrogen) atoms. The van der Waals surface area contributed by atoms with Crippen LogP contribution >= 0.6 is 0 Å². The molecule has 3 unspecified atom stereocenters. The fourth-order valence-corrected chi connectivity index (χ4v) is 2.37. The van der Waals surface area contributed by atoms with Gasteiger partial charge in [-0.05, 0) is 19.3 Å². The maximum atomic E-state index is 11.0. The molecule has 2 rings (SSSR count). The summed E-state index contributed by atoms with van der Waals surface area (Å²) >= 11 is 0. The molecule has 0 aromatic heterocycles. The first-order chi connectivity index (χ1) is 7.28. The Bertz CT molecular complexity index is 233. The number of hydrogen-bond acceptors (Lipinski definition) is 3. The van der Waals surface area contributed by atoms with E-state index in [4.69, 9.17) is 4.74 Å². The number of hydrogen-bond donors (Lipinski definition) is 2. The second-order valence-electron chi connectivity index (χ2n) is 4.49. The van der Waals surface area contributed by atoms with Gasteiger partial charge in [-0.3, -0.25) is 4.79 Å². The molecule has 2 heterocycles. The number of carbonyl (C=O) groups excluding carboxylic acids is 1. The van der Waals surface area contributed by atoms with Crippen LogP contribution in [0.5, 0.6) is 0 Å². The van der Waals surface area contributed by atoms with Gasteiger partial charge in [-0.15, -0.1) is 0 Å². The second-order valence-corrected chi connectivity index (χ2v) is 4.49. The SMILES string of the molecule is CCC1CC(NC2CNC(=O)C2)CCO1. The third kappa shape index (κ3) is 2.92. The van der Waals surface area contributed by atoms with Crippen molar-refractivity contribution in [2.45, 2.75) is 50.8 Å². The summed E-state index contributed by atoms with van der Waals surface area (Å²) in [6, 6.07) is 0.861. The van der Waals surface area contributed by atoms with Crippen LogP contribution in [0.25, 0.3) is 0 Å². The molecule has 2 N–H and O–H groups in total. The summed E-state index contributed by atoms with van der Waals surface area (Å²) in [7, 11) is 0. The summed E-state index contributed by atoms with van der Waals surface area (Å²) in [4.78, 5) is 11.0. The largest absolute Gasteiger partial charge is 0.378 e. The standard InChI is InChI=1S/C11H20N2O2/c1-2-10-5-8(3-4-15-10)13-9-6-11(14)12-7-9/h8-10,13H,2-7H2,1H3,(H,12,14). The Balaban J connectivity index is 1.76. The van der Waals surface area contributed by atoms with E-state index in [9.17, 15) is 4.79 Å². The van der Waals surface area contributed by atoms with Crippen molar-refractivity contribution in [3.05, 3.63) is 0 Å². The number of ether oxygens (including phenoxy) is 1. The second kappa shape index (κ2) is 4.94. The van der Waals surface area contributed by atoms with E-state index in [1.807, 2.05) is 0 Å². The van der Waals surface area contributed by atoms with E-state index in [1.165, 1.54) is 0 Å². The highest BCUT2D eigenvalue weighted by Crippen LogP contribution is 2.17. The van der Waals surface area contributed by atoms with E-state index in [-0.39, 0.29) is 5.91 Å². The van der Waals surface area contributed by atoms with Gasteiger partial charge in [-0.1, -0.05) is 6.92 Å². The average Bonchev–Trinajstić information content (AvgIpc) is 2.64. The van der Waals surface area contributed by atoms with Gasteiger partial charge in [-0.25, -0.2) is 0 Å². The normalized spacial score (nSPS) is 36.6. The first kappa shape index (κ1) is 10.9. The monoisotopic (exact) mass is 212 g/mol. The van der Waals surface area contributed by atoms with Gasteiger partial charge in [0.1, 0.15) is 0 Å². The number of nitrogens with one attached hydrogen (secondary N) is 2. The van der Waals surface area contributed by atoms with Crippen LogP contribution in [0, 0.1) is 0 Å². The lowest BCUT2D eigenvalue weighted by Gasteiger charge is -2.31. The first-order valence-electron chi connectivity index (χ1n) is 5.92. The van der Waals surface area contributed by atoms with E-state index in [0.717, 1.165) is 32.4 Å². The van der Waals surface area contributed by atoms with Gasteiger partial charge >= 0.3 is 0 Å². The molecule has 4 nitrogen and oxygen atoms in total. The lowest BCUT2D eigenvalue weighted by Crippen LogP contribution is -2.44. The van der Waals surface area contributed by atoms with Gasteiger partial charge < -0.3 is 15.4 Å². The van der Waals surface area contributed by atoms with Crippen LogP contribution in [0.15, 0.2) is 0 Å². The molecule has 3 atom stereocenters. The summed E-state index contributed by atoms with van der Waals surface area (Å²) in [5, 5.41) is 6.40. The Morgan fingerprint density at radius 2 is 2.40 bits per heavy atom. The molecule has 0 aromatic carbocycles. The molecule has 2 aliphatic rings. The van der Waals surface area contributed by atoms with Crippen molar-refractivity contribution in [1.82, 2.24) is 10.6 Å². The maximum absolute atomic E-state index is 11.0. The minimum absolute atomic E-state index is 0.173. The van der Waals surface area contributed by atoms with E-state index >= 15 is 0 Å². The Morgan fingerprint density at radius 3 is 3.07 bits per heavy atom. The Morgan fingerprint density at radius 1 is 1.53 bits per heavy atom. The fraction of sp³-hybridized carbons (Fsp3) is 0.909. The van der Waals surface area contributed by atoms with Crippen molar-refractivity contribution in [2.75, 3.05) is 13.2 Å². The van der Waals surface area contributed by atoms with Crippen LogP contribution in [-0.2, 0) is 9.53 Å². The van der Waals surface area contributed by atoms with Crippen molar-refractivity contribution < 1.29 is 9.53 Å². The molecular formula is C11H20N2O2. The number of carbonyl (C=O) groups is 1. The van der Waals surface area contributed by atoms with Crippen LogP contribution in [-0.4, -0.2) is 37.2 Å². The topological polar surface area (TPSA) is 50.4 Å². The lowest BCUT2D eigenvalue weighted by molar-refractivity contribution is -0.119. The zero-order valence-electron chi connectivity index (χ0n) is 9.29. The molecule has 1 amide bonds. The van der Waals surface area contributed by atoms with Crippen molar-refractivity contribution in [2.24, 2.45) is 0 Å². The minimum Gasteiger partial charge on any atom is -0.378 e. The van der Waals surface area contributed by atoms with Crippen molar-refractivity contribution in [3.63, 3.8) is 0 Å². The van der Waals surface area contributed by atoms with Gasteiger partial charge in [0.15, 0.2) is 0 Å². The summed E-state index contributed by atoms with van der Waals surface area (Å²) in [5.41, 5.74) is 0. The van der Waals surface area contributed by atoms with Gasteiger partial charge in [0.05, 0.1) is 6.10 Å². The minimum atomic E-state index is 0.173. The highest BCUT2D eigenvalue weighted by molar-refractivity contribution is 5.78. The van der Waals surface area contributed by atoms with E-state index in [1.54, 1.807) is 0 Å². The molecule has 0 radical (unpaired) electrons. The molecule has 0 saturated carbocycles. The van der Waals surface area contributed by atoms with E-state index < -0.39 is 0 Å². The molecule has 0 spiro atoms. The van der Waals surface area contributed by atoms with Gasteiger partial charge in [0.25, 0.3) is 0 Å². The summed E-state index contributed by atoms with van der Waals surface area (Å²) in [6.45, 7) is 3.80. The summed E-state index contributed by atoms with van der Waals surface area (Å²) in [5.74, 6) is 0.173. The first-order valence-corrected chi connectivity index (χ1v) is 5.92. The molecule has 86 valence electrons. The average molecular weight is 212 g/mol. The molecule has 2 fully saturated rings. The van der Waals surface area contributed by atoms with Crippen LogP contribution in [0.4, 0.5) is 0 Å². The quantitative estimate of drug-likeness (QED) is 0.713. The summed E-state index contributed by atoms with van der Waals surface area (Å²) < 4.78 is 5.62. The number of amides is 1. The van der Waals surface area contributed by atoms with E-state index in [0.29, 0.717) is 24.6 Å². The highest BCUT2D eigenvalue weighted by atomic mass is 16.5. The molecular weight excluding hydrogens is 192 g/mol.